The standard InChI is InChI=1S/C76H151NO5/c1-3-5-7-9-11-13-14-15-16-17-37-41-44-47-50-54-58-62-66-70-76(81)82-71-67-63-59-55-51-48-45-42-39-36-34-32-30-28-26-24-22-20-18-19-21-23-25-27-29-31-33-35-38-40-43-46-49-53-57-61-65-69-75(80)77-73(72-78)74(79)68-64-60-56-52-12-10-8-6-4-2/h73-74,78-79H,3-72H2,1-2H3,(H,77,80). The Morgan fingerprint density at radius 2 is 0.500 bits per heavy atom. The summed E-state index contributed by atoms with van der Waals surface area (Å²) in [7, 11) is 0. The van der Waals surface area contributed by atoms with Gasteiger partial charge in [0.2, 0.25) is 5.91 Å². The van der Waals surface area contributed by atoms with E-state index in [4.69, 9.17) is 4.74 Å². The fraction of sp³-hybridized carbons (Fsp3) is 0.974. The van der Waals surface area contributed by atoms with Gasteiger partial charge < -0.3 is 20.3 Å². The van der Waals surface area contributed by atoms with Gasteiger partial charge in [0, 0.05) is 12.8 Å². The maximum atomic E-state index is 12.4. The molecular formula is C76H151NO5. The molecule has 0 fully saturated rings. The number of unbranched alkanes of at least 4 members (excludes halogenated alkanes) is 62. The van der Waals surface area contributed by atoms with Crippen LogP contribution in [-0.4, -0.2) is 47.4 Å². The second-order valence-corrected chi connectivity index (χ2v) is 26.7. The molecule has 6 heteroatoms. The number of carbonyl (C=O) groups is 2. The fourth-order valence-electron chi connectivity index (χ4n) is 12.6. The lowest BCUT2D eigenvalue weighted by atomic mass is 10.0. The average Bonchev–Trinajstić information content (AvgIpc) is 3.48. The molecule has 490 valence electrons. The van der Waals surface area contributed by atoms with E-state index in [1.54, 1.807) is 0 Å². The molecule has 82 heavy (non-hydrogen) atoms. The van der Waals surface area contributed by atoms with Crippen molar-refractivity contribution in [2.75, 3.05) is 13.2 Å². The minimum absolute atomic E-state index is 0.0289. The largest absolute Gasteiger partial charge is 0.466 e. The first-order valence-electron chi connectivity index (χ1n) is 38.3. The maximum Gasteiger partial charge on any atom is 0.305 e. The molecule has 0 saturated heterocycles. The molecule has 1 amide bonds. The number of aliphatic hydroxyl groups excluding tert-OH is 2. The zero-order chi connectivity index (χ0) is 59.2. The molecule has 0 rings (SSSR count). The molecule has 0 saturated carbocycles. The third kappa shape index (κ3) is 68.0. The van der Waals surface area contributed by atoms with Crippen molar-refractivity contribution < 1.29 is 24.5 Å². The van der Waals surface area contributed by atoms with Crippen molar-refractivity contribution in [1.29, 1.82) is 0 Å². The van der Waals surface area contributed by atoms with Crippen molar-refractivity contribution in [3.8, 4) is 0 Å². The number of hydrogen-bond donors (Lipinski definition) is 3. The first-order valence-corrected chi connectivity index (χ1v) is 38.3. The number of hydrogen-bond acceptors (Lipinski definition) is 5. The van der Waals surface area contributed by atoms with Crippen LogP contribution in [0.5, 0.6) is 0 Å². The molecule has 0 aromatic heterocycles. The second-order valence-electron chi connectivity index (χ2n) is 26.7. The number of nitrogens with one attached hydrogen (secondary N) is 1. The minimum atomic E-state index is -0.657. The van der Waals surface area contributed by atoms with Crippen molar-refractivity contribution in [1.82, 2.24) is 5.32 Å². The Labute approximate surface area is 515 Å². The van der Waals surface area contributed by atoms with Crippen molar-refractivity contribution in [2.45, 2.75) is 463 Å². The molecule has 0 aliphatic heterocycles. The zero-order valence-corrected chi connectivity index (χ0v) is 56.3. The average molecular weight is 1160 g/mol. The van der Waals surface area contributed by atoms with Crippen LogP contribution >= 0.6 is 0 Å². The molecule has 0 radical (unpaired) electrons. The van der Waals surface area contributed by atoms with E-state index >= 15 is 0 Å². The highest BCUT2D eigenvalue weighted by Gasteiger charge is 2.20. The van der Waals surface area contributed by atoms with E-state index in [0.29, 0.717) is 25.9 Å². The third-order valence-electron chi connectivity index (χ3n) is 18.4. The van der Waals surface area contributed by atoms with Gasteiger partial charge in [-0.1, -0.05) is 412 Å². The Kier molecular flexibility index (Phi) is 71.3. The lowest BCUT2D eigenvalue weighted by Gasteiger charge is -2.22. The fourth-order valence-corrected chi connectivity index (χ4v) is 12.6. The van der Waals surface area contributed by atoms with Crippen molar-refractivity contribution in [2.24, 2.45) is 0 Å². The van der Waals surface area contributed by atoms with Crippen molar-refractivity contribution >= 4 is 11.9 Å². The quantitative estimate of drug-likeness (QED) is 0.0417. The molecule has 0 aromatic carbocycles. The van der Waals surface area contributed by atoms with Gasteiger partial charge in [-0.15, -0.1) is 0 Å². The number of esters is 1. The van der Waals surface area contributed by atoms with Crippen LogP contribution in [0.1, 0.15) is 450 Å². The van der Waals surface area contributed by atoms with E-state index < -0.39 is 12.1 Å². The summed E-state index contributed by atoms with van der Waals surface area (Å²) in [5, 5.41) is 23.2. The van der Waals surface area contributed by atoms with Gasteiger partial charge in [-0.2, -0.15) is 0 Å². The number of amides is 1. The molecule has 0 bridgehead atoms. The monoisotopic (exact) mass is 1160 g/mol. The van der Waals surface area contributed by atoms with E-state index in [1.165, 1.54) is 379 Å². The minimum Gasteiger partial charge on any atom is -0.466 e. The summed E-state index contributed by atoms with van der Waals surface area (Å²) in [4.78, 5) is 24.6. The van der Waals surface area contributed by atoms with Gasteiger partial charge in [0.05, 0.1) is 25.4 Å². The molecule has 0 aliphatic rings. The molecular weight excluding hydrogens is 1010 g/mol. The summed E-state index contributed by atoms with van der Waals surface area (Å²) in [6.07, 6.45) is 89.3. The summed E-state index contributed by atoms with van der Waals surface area (Å²) in [5.74, 6) is 0.000504. The molecule has 0 aromatic rings. The van der Waals surface area contributed by atoms with E-state index in [1.807, 2.05) is 0 Å². The number of aliphatic hydroxyl groups is 2. The second kappa shape index (κ2) is 72.3. The molecule has 2 atom stereocenters. The molecule has 0 heterocycles. The Balaban J connectivity index is 3.24. The topological polar surface area (TPSA) is 95.9 Å². The first kappa shape index (κ1) is 80.9. The summed E-state index contributed by atoms with van der Waals surface area (Å²) in [5.41, 5.74) is 0. The van der Waals surface area contributed by atoms with Crippen LogP contribution in [0.3, 0.4) is 0 Å². The number of carbonyl (C=O) groups excluding carboxylic acids is 2. The molecule has 3 N–H and O–H groups in total. The van der Waals surface area contributed by atoms with Crippen LogP contribution in [0, 0.1) is 0 Å². The van der Waals surface area contributed by atoms with Gasteiger partial charge in [-0.3, -0.25) is 9.59 Å². The predicted octanol–water partition coefficient (Wildman–Crippen LogP) is 24.9. The van der Waals surface area contributed by atoms with Gasteiger partial charge in [0.15, 0.2) is 0 Å². The normalized spacial score (nSPS) is 12.4. The van der Waals surface area contributed by atoms with Gasteiger partial charge in [0.25, 0.3) is 0 Å². The summed E-state index contributed by atoms with van der Waals surface area (Å²) in [6.45, 7) is 4.99. The summed E-state index contributed by atoms with van der Waals surface area (Å²) >= 11 is 0. The highest BCUT2D eigenvalue weighted by molar-refractivity contribution is 5.76. The van der Waals surface area contributed by atoms with Gasteiger partial charge in [-0.05, 0) is 25.7 Å². The van der Waals surface area contributed by atoms with Crippen LogP contribution < -0.4 is 5.32 Å². The lowest BCUT2D eigenvalue weighted by Crippen LogP contribution is -2.45. The Hall–Kier alpha value is -1.14. The Morgan fingerprint density at radius 1 is 0.293 bits per heavy atom. The van der Waals surface area contributed by atoms with Crippen molar-refractivity contribution in [3.63, 3.8) is 0 Å². The van der Waals surface area contributed by atoms with Crippen LogP contribution in [0.15, 0.2) is 0 Å². The van der Waals surface area contributed by atoms with E-state index in [2.05, 4.69) is 19.2 Å². The highest BCUT2D eigenvalue weighted by atomic mass is 16.5. The van der Waals surface area contributed by atoms with Crippen LogP contribution in [0.4, 0.5) is 0 Å². The van der Waals surface area contributed by atoms with E-state index in [-0.39, 0.29) is 18.5 Å². The van der Waals surface area contributed by atoms with E-state index in [9.17, 15) is 19.8 Å². The highest BCUT2D eigenvalue weighted by Crippen LogP contribution is 2.20. The zero-order valence-electron chi connectivity index (χ0n) is 56.3. The number of ether oxygens (including phenoxy) is 1. The summed E-state index contributed by atoms with van der Waals surface area (Å²) in [6, 6.07) is -0.534. The predicted molar refractivity (Wildman–Crippen MR) is 361 cm³/mol. The maximum absolute atomic E-state index is 12.4. The number of rotatable bonds is 73. The lowest BCUT2D eigenvalue weighted by molar-refractivity contribution is -0.143. The van der Waals surface area contributed by atoms with Gasteiger partial charge in [-0.25, -0.2) is 0 Å². The molecule has 2 unspecified atom stereocenters. The van der Waals surface area contributed by atoms with Gasteiger partial charge >= 0.3 is 5.97 Å². The van der Waals surface area contributed by atoms with Gasteiger partial charge in [0.1, 0.15) is 0 Å². The SMILES string of the molecule is CCCCCCCCCCCCCCCCCCCCCC(=O)OCCCCCCCCCCCCCCCCCCCCCCCCCCCCCCCCCCCCCCCC(=O)NC(CO)C(O)CCCCCCCCCCC. The third-order valence-corrected chi connectivity index (χ3v) is 18.4. The molecule has 0 spiro atoms. The van der Waals surface area contributed by atoms with E-state index in [0.717, 1.165) is 38.5 Å². The summed E-state index contributed by atoms with van der Waals surface area (Å²) < 4.78 is 5.52. The van der Waals surface area contributed by atoms with Crippen molar-refractivity contribution in [3.05, 3.63) is 0 Å². The Morgan fingerprint density at radius 3 is 0.744 bits per heavy atom. The van der Waals surface area contributed by atoms with Crippen LogP contribution in [-0.2, 0) is 14.3 Å². The first-order chi connectivity index (χ1) is 40.5. The molecule has 6 nitrogen and oxygen atoms in total. The smallest absolute Gasteiger partial charge is 0.305 e. The molecule has 0 aliphatic carbocycles. The van der Waals surface area contributed by atoms with Crippen LogP contribution in [0.25, 0.3) is 0 Å². The van der Waals surface area contributed by atoms with Crippen LogP contribution in [0.2, 0.25) is 0 Å². The Bertz CT molecular complexity index is 1200.